The fourth-order valence-electron chi connectivity index (χ4n) is 1.24. The Hall–Kier alpha value is -1.55. The Kier molecular flexibility index (Phi) is 2.87. The molecule has 0 bridgehead atoms. The van der Waals surface area contributed by atoms with Gasteiger partial charge in [0.1, 0.15) is 5.75 Å². The number of rotatable bonds is 4. The van der Waals surface area contributed by atoms with Gasteiger partial charge in [0, 0.05) is 12.1 Å². The minimum atomic E-state index is -0.0758. The number of benzene rings is 1. The summed E-state index contributed by atoms with van der Waals surface area (Å²) in [5.41, 5.74) is 0.636. The van der Waals surface area contributed by atoms with Gasteiger partial charge in [0.2, 0.25) is 0 Å². The molecule has 1 saturated heterocycles. The lowest BCUT2D eigenvalue weighted by atomic mass is 10.2. The molecule has 2 rings (SSSR count). The molecule has 1 fully saturated rings. The van der Waals surface area contributed by atoms with Crippen LogP contribution < -0.4 is 10.1 Å². The lowest BCUT2D eigenvalue weighted by Crippen LogP contribution is -2.27. The fraction of sp³-hybridized carbons (Fsp3) is 0.364. The van der Waals surface area contributed by atoms with E-state index >= 15 is 0 Å². The minimum Gasteiger partial charge on any atom is -0.497 e. The number of hydrogen-bond donors (Lipinski definition) is 1. The van der Waals surface area contributed by atoms with Crippen molar-refractivity contribution in [3.63, 3.8) is 0 Å². The van der Waals surface area contributed by atoms with Crippen molar-refractivity contribution in [2.75, 3.05) is 20.3 Å². The molecule has 0 spiro atoms. The first-order valence-corrected chi connectivity index (χ1v) is 4.83. The Morgan fingerprint density at radius 2 is 2.20 bits per heavy atom. The van der Waals surface area contributed by atoms with Crippen molar-refractivity contribution < 1.29 is 14.3 Å². The number of nitrogens with one attached hydrogen (secondary N) is 1. The summed E-state index contributed by atoms with van der Waals surface area (Å²) in [6.07, 6.45) is 0.215. The monoisotopic (exact) mass is 207 g/mol. The van der Waals surface area contributed by atoms with Gasteiger partial charge >= 0.3 is 0 Å². The number of carbonyl (C=O) groups is 1. The third-order valence-electron chi connectivity index (χ3n) is 2.24. The van der Waals surface area contributed by atoms with Crippen molar-refractivity contribution in [1.82, 2.24) is 5.32 Å². The van der Waals surface area contributed by atoms with Crippen LogP contribution >= 0.6 is 0 Å². The summed E-state index contributed by atoms with van der Waals surface area (Å²) in [6, 6.07) is 7.01. The molecular weight excluding hydrogens is 194 g/mol. The number of epoxide rings is 1. The first kappa shape index (κ1) is 9.98. The van der Waals surface area contributed by atoms with Crippen molar-refractivity contribution in [1.29, 1.82) is 0 Å². The highest BCUT2D eigenvalue weighted by Crippen LogP contribution is 2.11. The molecule has 1 atom stereocenters. The van der Waals surface area contributed by atoms with E-state index in [4.69, 9.17) is 9.47 Å². The average molecular weight is 207 g/mol. The van der Waals surface area contributed by atoms with E-state index in [9.17, 15) is 4.79 Å². The normalized spacial score (nSPS) is 18.3. The number of ether oxygens (including phenoxy) is 2. The fourth-order valence-corrected chi connectivity index (χ4v) is 1.24. The second kappa shape index (κ2) is 4.31. The summed E-state index contributed by atoms with van der Waals surface area (Å²) in [5.74, 6) is 0.672. The zero-order chi connectivity index (χ0) is 10.7. The highest BCUT2D eigenvalue weighted by molar-refractivity contribution is 5.94. The molecule has 4 heteroatoms. The number of hydrogen-bond acceptors (Lipinski definition) is 3. The smallest absolute Gasteiger partial charge is 0.251 e. The molecule has 1 heterocycles. The maximum atomic E-state index is 11.6. The maximum Gasteiger partial charge on any atom is 0.251 e. The van der Waals surface area contributed by atoms with Crippen LogP contribution in [0.1, 0.15) is 10.4 Å². The van der Waals surface area contributed by atoms with Gasteiger partial charge in [-0.05, 0) is 24.3 Å². The number of amides is 1. The molecule has 1 unspecified atom stereocenters. The molecule has 1 aromatic carbocycles. The quantitative estimate of drug-likeness (QED) is 0.744. The Morgan fingerprint density at radius 1 is 1.53 bits per heavy atom. The molecule has 0 saturated carbocycles. The van der Waals surface area contributed by atoms with Gasteiger partial charge < -0.3 is 14.8 Å². The van der Waals surface area contributed by atoms with Crippen LogP contribution in [0.25, 0.3) is 0 Å². The Labute approximate surface area is 88.2 Å². The molecule has 0 aliphatic carbocycles. The van der Waals surface area contributed by atoms with E-state index in [-0.39, 0.29) is 12.0 Å². The van der Waals surface area contributed by atoms with Crippen LogP contribution in [0.3, 0.4) is 0 Å². The molecule has 80 valence electrons. The summed E-state index contributed by atoms with van der Waals surface area (Å²) >= 11 is 0. The van der Waals surface area contributed by atoms with Crippen molar-refractivity contribution >= 4 is 5.91 Å². The van der Waals surface area contributed by atoms with E-state index in [1.54, 1.807) is 31.4 Å². The standard InChI is InChI=1S/C11H13NO3/c1-14-9-4-2-8(3-5-9)11(13)12-6-10-7-15-10/h2-5,10H,6-7H2,1H3,(H,12,13). The lowest BCUT2D eigenvalue weighted by Gasteiger charge is -2.04. The van der Waals surface area contributed by atoms with Gasteiger partial charge in [-0.3, -0.25) is 4.79 Å². The summed E-state index contributed by atoms with van der Waals surface area (Å²) in [5, 5.41) is 2.79. The molecule has 1 amide bonds. The molecular formula is C11H13NO3. The zero-order valence-corrected chi connectivity index (χ0v) is 8.53. The van der Waals surface area contributed by atoms with E-state index in [0.717, 1.165) is 12.4 Å². The predicted molar refractivity (Wildman–Crippen MR) is 55.1 cm³/mol. The Morgan fingerprint density at radius 3 is 2.73 bits per heavy atom. The van der Waals surface area contributed by atoms with Crippen molar-refractivity contribution in [2.45, 2.75) is 6.10 Å². The largest absolute Gasteiger partial charge is 0.497 e. The number of methoxy groups -OCH3 is 1. The third-order valence-corrected chi connectivity index (χ3v) is 2.24. The van der Waals surface area contributed by atoms with E-state index in [1.807, 2.05) is 0 Å². The van der Waals surface area contributed by atoms with Crippen LogP contribution in [0.5, 0.6) is 5.75 Å². The van der Waals surface area contributed by atoms with Crippen LogP contribution in [0.4, 0.5) is 0 Å². The third kappa shape index (κ3) is 2.70. The topological polar surface area (TPSA) is 50.9 Å². The zero-order valence-electron chi connectivity index (χ0n) is 8.53. The van der Waals surface area contributed by atoms with Crippen LogP contribution in [-0.2, 0) is 4.74 Å². The van der Waals surface area contributed by atoms with E-state index in [0.29, 0.717) is 12.1 Å². The molecule has 1 N–H and O–H groups in total. The first-order valence-electron chi connectivity index (χ1n) is 4.83. The SMILES string of the molecule is COc1ccc(C(=O)NCC2CO2)cc1. The van der Waals surface area contributed by atoms with Crippen molar-refractivity contribution in [2.24, 2.45) is 0 Å². The molecule has 15 heavy (non-hydrogen) atoms. The summed E-state index contributed by atoms with van der Waals surface area (Å²) < 4.78 is 10.0. The van der Waals surface area contributed by atoms with Crippen molar-refractivity contribution in [3.05, 3.63) is 29.8 Å². The number of carbonyl (C=O) groups excluding carboxylic acids is 1. The summed E-state index contributed by atoms with van der Waals surface area (Å²) in [4.78, 5) is 11.6. The second-order valence-electron chi connectivity index (χ2n) is 3.39. The minimum absolute atomic E-state index is 0.0758. The molecule has 1 aliphatic rings. The molecule has 0 aromatic heterocycles. The van der Waals surface area contributed by atoms with Gasteiger partial charge in [-0.1, -0.05) is 0 Å². The molecule has 1 aromatic rings. The Bertz CT molecular complexity index is 343. The average Bonchev–Trinajstić information content (AvgIpc) is 3.10. The van der Waals surface area contributed by atoms with E-state index in [1.165, 1.54) is 0 Å². The first-order chi connectivity index (χ1) is 7.29. The summed E-state index contributed by atoms with van der Waals surface area (Å²) in [6.45, 7) is 1.34. The van der Waals surface area contributed by atoms with Crippen LogP contribution in [0.15, 0.2) is 24.3 Å². The van der Waals surface area contributed by atoms with Gasteiger partial charge in [-0.25, -0.2) is 0 Å². The summed E-state index contributed by atoms with van der Waals surface area (Å²) in [7, 11) is 1.60. The second-order valence-corrected chi connectivity index (χ2v) is 3.39. The van der Waals surface area contributed by atoms with Gasteiger partial charge in [-0.15, -0.1) is 0 Å². The van der Waals surface area contributed by atoms with Gasteiger partial charge in [-0.2, -0.15) is 0 Å². The Balaban J connectivity index is 1.91. The highest BCUT2D eigenvalue weighted by atomic mass is 16.6. The van der Waals surface area contributed by atoms with Crippen LogP contribution in [0.2, 0.25) is 0 Å². The van der Waals surface area contributed by atoms with Crippen LogP contribution in [0, 0.1) is 0 Å². The van der Waals surface area contributed by atoms with Gasteiger partial charge in [0.15, 0.2) is 0 Å². The van der Waals surface area contributed by atoms with E-state index in [2.05, 4.69) is 5.32 Å². The lowest BCUT2D eigenvalue weighted by molar-refractivity contribution is 0.0950. The van der Waals surface area contributed by atoms with Crippen LogP contribution in [-0.4, -0.2) is 32.3 Å². The molecule has 1 aliphatic heterocycles. The molecule has 0 radical (unpaired) electrons. The highest BCUT2D eigenvalue weighted by Gasteiger charge is 2.22. The van der Waals surface area contributed by atoms with Gasteiger partial charge in [0.25, 0.3) is 5.91 Å². The van der Waals surface area contributed by atoms with E-state index < -0.39 is 0 Å². The van der Waals surface area contributed by atoms with Gasteiger partial charge in [0.05, 0.1) is 19.8 Å². The molecule has 4 nitrogen and oxygen atoms in total. The van der Waals surface area contributed by atoms with Crippen molar-refractivity contribution in [3.8, 4) is 5.75 Å². The maximum absolute atomic E-state index is 11.6. The predicted octanol–water partition coefficient (Wildman–Crippen LogP) is 0.824.